The van der Waals surface area contributed by atoms with E-state index < -0.39 is 0 Å². The molecule has 1 aliphatic rings. The maximum Gasteiger partial charge on any atom is 0.0992 e. The van der Waals surface area contributed by atoms with Crippen LogP contribution in [-0.4, -0.2) is 30.6 Å². The number of nitrogens with zero attached hydrogens (tertiary/aromatic N) is 2. The van der Waals surface area contributed by atoms with Crippen molar-refractivity contribution in [1.82, 2.24) is 4.90 Å². The van der Waals surface area contributed by atoms with Crippen molar-refractivity contribution in [2.24, 2.45) is 5.92 Å². The molecule has 2 atom stereocenters. The number of likely N-dealkylation sites (tertiary alicyclic amines) is 1. The van der Waals surface area contributed by atoms with Gasteiger partial charge in [-0.1, -0.05) is 18.5 Å². The van der Waals surface area contributed by atoms with E-state index in [1.807, 2.05) is 6.07 Å². The predicted octanol–water partition coefficient (Wildman–Crippen LogP) is 3.74. The molecule has 0 aliphatic carbocycles. The van der Waals surface area contributed by atoms with Gasteiger partial charge in [0.1, 0.15) is 0 Å². The molecule has 1 heterocycles. The Morgan fingerprint density at radius 1 is 1.55 bits per heavy atom. The van der Waals surface area contributed by atoms with E-state index in [0.29, 0.717) is 22.5 Å². The van der Waals surface area contributed by atoms with Crippen LogP contribution < -0.4 is 5.32 Å². The molecule has 108 valence electrons. The molecule has 1 aliphatic heterocycles. The second-order valence-corrected chi connectivity index (χ2v) is 5.94. The number of benzene rings is 1. The lowest BCUT2D eigenvalue weighted by molar-refractivity contribution is 0.172. The first-order chi connectivity index (χ1) is 9.63. The number of anilines is 1. The zero-order valence-corrected chi connectivity index (χ0v) is 13.0. The summed E-state index contributed by atoms with van der Waals surface area (Å²) in [5, 5.41) is 13.1. The smallest absolute Gasteiger partial charge is 0.0992 e. The van der Waals surface area contributed by atoms with E-state index in [-0.39, 0.29) is 0 Å². The van der Waals surface area contributed by atoms with Crippen molar-refractivity contribution in [2.45, 2.75) is 32.7 Å². The van der Waals surface area contributed by atoms with Crippen LogP contribution in [0.1, 0.15) is 32.3 Å². The van der Waals surface area contributed by atoms with Gasteiger partial charge in [0, 0.05) is 12.6 Å². The molecule has 0 bridgehead atoms. The van der Waals surface area contributed by atoms with Gasteiger partial charge in [0.2, 0.25) is 0 Å². The van der Waals surface area contributed by atoms with Crippen LogP contribution >= 0.6 is 11.6 Å². The molecule has 1 fully saturated rings. The number of rotatable bonds is 4. The maximum atomic E-state index is 8.97. The second kappa shape index (κ2) is 6.97. The Bertz CT molecular complexity index is 495. The van der Waals surface area contributed by atoms with Gasteiger partial charge in [-0.05, 0) is 57.0 Å². The van der Waals surface area contributed by atoms with Crippen LogP contribution in [0.2, 0.25) is 5.02 Å². The minimum atomic E-state index is 0.357. The first kappa shape index (κ1) is 15.2. The lowest BCUT2D eigenvalue weighted by Gasteiger charge is -2.35. The highest BCUT2D eigenvalue weighted by molar-refractivity contribution is 6.33. The molecular formula is C16H22ClN3. The van der Waals surface area contributed by atoms with Crippen molar-refractivity contribution >= 4 is 17.3 Å². The third kappa shape index (κ3) is 3.65. The molecule has 1 saturated heterocycles. The minimum absolute atomic E-state index is 0.357. The molecule has 0 spiro atoms. The van der Waals surface area contributed by atoms with E-state index in [9.17, 15) is 0 Å². The van der Waals surface area contributed by atoms with E-state index in [0.717, 1.165) is 18.8 Å². The van der Waals surface area contributed by atoms with Gasteiger partial charge in [-0.25, -0.2) is 0 Å². The molecule has 0 amide bonds. The Hall–Kier alpha value is -1.24. The summed E-state index contributed by atoms with van der Waals surface area (Å²) in [6.45, 7) is 7.89. The number of nitriles is 1. The Morgan fingerprint density at radius 3 is 3.05 bits per heavy atom. The van der Waals surface area contributed by atoms with Crippen molar-refractivity contribution in [3.05, 3.63) is 28.8 Å². The average molecular weight is 292 g/mol. The molecule has 4 heteroatoms. The van der Waals surface area contributed by atoms with E-state index in [1.165, 1.54) is 19.4 Å². The first-order valence-corrected chi connectivity index (χ1v) is 7.70. The quantitative estimate of drug-likeness (QED) is 0.918. The van der Waals surface area contributed by atoms with Gasteiger partial charge in [0.15, 0.2) is 0 Å². The number of hydrogen-bond donors (Lipinski definition) is 1. The van der Waals surface area contributed by atoms with Gasteiger partial charge < -0.3 is 10.2 Å². The highest BCUT2D eigenvalue weighted by Crippen LogP contribution is 2.27. The van der Waals surface area contributed by atoms with E-state index in [4.69, 9.17) is 16.9 Å². The van der Waals surface area contributed by atoms with Gasteiger partial charge in [0.25, 0.3) is 0 Å². The van der Waals surface area contributed by atoms with Crippen molar-refractivity contribution in [2.75, 3.05) is 25.0 Å². The van der Waals surface area contributed by atoms with Crippen molar-refractivity contribution in [3.63, 3.8) is 0 Å². The summed E-state index contributed by atoms with van der Waals surface area (Å²) >= 11 is 6.21. The van der Waals surface area contributed by atoms with Crippen LogP contribution in [0.4, 0.5) is 5.69 Å². The Kier molecular flexibility index (Phi) is 5.28. The third-order valence-electron chi connectivity index (χ3n) is 4.17. The fourth-order valence-electron chi connectivity index (χ4n) is 2.86. The molecule has 0 saturated carbocycles. The van der Waals surface area contributed by atoms with E-state index in [2.05, 4.69) is 30.1 Å². The van der Waals surface area contributed by atoms with E-state index >= 15 is 0 Å². The topological polar surface area (TPSA) is 39.1 Å². The Morgan fingerprint density at radius 2 is 2.35 bits per heavy atom. The fraction of sp³-hybridized carbons (Fsp3) is 0.562. The Balaban J connectivity index is 2.04. The number of piperidine rings is 1. The van der Waals surface area contributed by atoms with Gasteiger partial charge in [-0.15, -0.1) is 0 Å². The molecule has 3 nitrogen and oxygen atoms in total. The van der Waals surface area contributed by atoms with Crippen LogP contribution in [0.3, 0.4) is 0 Å². The third-order valence-corrected chi connectivity index (χ3v) is 4.50. The SMILES string of the molecule is CCN1CCCC(C(C)Nc2cc(C#N)ccc2Cl)C1. The van der Waals surface area contributed by atoms with Gasteiger partial charge in [-0.2, -0.15) is 5.26 Å². The molecular weight excluding hydrogens is 270 g/mol. The highest BCUT2D eigenvalue weighted by Gasteiger charge is 2.24. The molecule has 1 N–H and O–H groups in total. The van der Waals surface area contributed by atoms with Crippen LogP contribution in [0.25, 0.3) is 0 Å². The summed E-state index contributed by atoms with van der Waals surface area (Å²) in [4.78, 5) is 2.50. The summed E-state index contributed by atoms with van der Waals surface area (Å²) in [6.07, 6.45) is 2.51. The maximum absolute atomic E-state index is 8.97. The number of halogens is 1. The summed E-state index contributed by atoms with van der Waals surface area (Å²) in [6, 6.07) is 7.88. The highest BCUT2D eigenvalue weighted by atomic mass is 35.5. The first-order valence-electron chi connectivity index (χ1n) is 7.32. The number of hydrogen-bond acceptors (Lipinski definition) is 3. The summed E-state index contributed by atoms with van der Waals surface area (Å²) in [5.41, 5.74) is 1.51. The van der Waals surface area contributed by atoms with Crippen molar-refractivity contribution < 1.29 is 0 Å². The van der Waals surface area contributed by atoms with Gasteiger partial charge >= 0.3 is 0 Å². The van der Waals surface area contributed by atoms with Crippen molar-refractivity contribution in [1.29, 1.82) is 5.26 Å². The van der Waals surface area contributed by atoms with Crippen LogP contribution in [0.5, 0.6) is 0 Å². The monoisotopic (exact) mass is 291 g/mol. The molecule has 2 rings (SSSR count). The molecule has 1 aromatic carbocycles. The summed E-state index contributed by atoms with van der Waals surface area (Å²) < 4.78 is 0. The molecule has 0 aromatic heterocycles. The molecule has 20 heavy (non-hydrogen) atoms. The van der Waals surface area contributed by atoms with Gasteiger partial charge in [-0.3, -0.25) is 0 Å². The average Bonchev–Trinajstić information content (AvgIpc) is 2.49. The fourth-order valence-corrected chi connectivity index (χ4v) is 3.03. The Labute approximate surface area is 126 Å². The molecule has 1 aromatic rings. The molecule has 2 unspecified atom stereocenters. The second-order valence-electron chi connectivity index (χ2n) is 5.53. The largest absolute Gasteiger partial charge is 0.381 e. The minimum Gasteiger partial charge on any atom is -0.381 e. The zero-order chi connectivity index (χ0) is 14.5. The lowest BCUT2D eigenvalue weighted by atomic mass is 9.91. The number of nitrogens with one attached hydrogen (secondary N) is 1. The summed E-state index contributed by atoms with van der Waals surface area (Å²) in [7, 11) is 0. The zero-order valence-electron chi connectivity index (χ0n) is 12.2. The predicted molar refractivity (Wildman–Crippen MR) is 84.1 cm³/mol. The van der Waals surface area contributed by atoms with Gasteiger partial charge in [0.05, 0.1) is 22.3 Å². The lowest BCUT2D eigenvalue weighted by Crippen LogP contribution is -2.41. The van der Waals surface area contributed by atoms with Crippen LogP contribution in [-0.2, 0) is 0 Å². The van der Waals surface area contributed by atoms with E-state index in [1.54, 1.807) is 12.1 Å². The standard InChI is InChI=1S/C16H22ClN3/c1-3-20-8-4-5-14(11-20)12(2)19-16-9-13(10-18)6-7-15(16)17/h6-7,9,12,14,19H,3-5,8,11H2,1-2H3. The summed E-state index contributed by atoms with van der Waals surface area (Å²) in [5.74, 6) is 0.630. The van der Waals surface area contributed by atoms with Crippen LogP contribution in [0, 0.1) is 17.2 Å². The molecule has 0 radical (unpaired) electrons. The van der Waals surface area contributed by atoms with Crippen LogP contribution in [0.15, 0.2) is 18.2 Å². The van der Waals surface area contributed by atoms with Crippen molar-refractivity contribution in [3.8, 4) is 6.07 Å². The normalized spacial score (nSPS) is 21.2.